The van der Waals surface area contributed by atoms with Gasteiger partial charge in [0.1, 0.15) is 6.23 Å². The maximum absolute atomic E-state index is 10.5. The smallest absolute Gasteiger partial charge is 0.174 e. The third-order valence-corrected chi connectivity index (χ3v) is 5.47. The predicted octanol–water partition coefficient (Wildman–Crippen LogP) is 1.96. The number of β-amino-alcohol motifs (C(OH)–C–C–N with tert-alkyl or cyclic N) is 1. The summed E-state index contributed by atoms with van der Waals surface area (Å²) in [4.78, 5) is 15.5. The van der Waals surface area contributed by atoms with Gasteiger partial charge in [-0.2, -0.15) is 0 Å². The van der Waals surface area contributed by atoms with Crippen LogP contribution in [-0.2, 0) is 4.74 Å². The highest BCUT2D eigenvalue weighted by Crippen LogP contribution is 2.31. The molecule has 2 aliphatic rings. The highest BCUT2D eigenvalue weighted by molar-refractivity contribution is 5.69. The van der Waals surface area contributed by atoms with E-state index in [-0.39, 0.29) is 0 Å². The number of aliphatic hydroxyl groups is 2. The Balaban J connectivity index is 1.55. The standard InChI is InChI=1S/C20H27N5O3/c1-13(26)16-3-2-15(10-21-16)17-11-22-19-20(24-17)25(18(27)12-23-19)7-4-14-5-8-28-9-6-14/h2-3,10-11,13-14,18,26-27H,4-9,12H2,1H3,(H,22,23). The van der Waals surface area contributed by atoms with Crippen LogP contribution in [0.15, 0.2) is 24.5 Å². The van der Waals surface area contributed by atoms with Crippen molar-refractivity contribution in [3.63, 3.8) is 0 Å². The van der Waals surface area contributed by atoms with Crippen LogP contribution in [0.25, 0.3) is 11.3 Å². The maximum Gasteiger partial charge on any atom is 0.174 e. The zero-order valence-electron chi connectivity index (χ0n) is 16.1. The molecule has 0 spiro atoms. The molecule has 2 aromatic rings. The van der Waals surface area contributed by atoms with Crippen molar-refractivity contribution in [2.24, 2.45) is 5.92 Å². The third kappa shape index (κ3) is 4.09. The van der Waals surface area contributed by atoms with Crippen LogP contribution in [0.1, 0.15) is 38.0 Å². The Hall–Kier alpha value is -2.29. The van der Waals surface area contributed by atoms with Gasteiger partial charge in [0.25, 0.3) is 0 Å². The van der Waals surface area contributed by atoms with Crippen LogP contribution < -0.4 is 10.2 Å². The topological polar surface area (TPSA) is 104 Å². The number of rotatable bonds is 5. The number of ether oxygens (including phenoxy) is 1. The molecule has 2 unspecified atom stereocenters. The Morgan fingerprint density at radius 3 is 2.79 bits per heavy atom. The normalized spacial score (nSPS) is 21.1. The molecule has 0 bridgehead atoms. The van der Waals surface area contributed by atoms with Crippen LogP contribution in [0, 0.1) is 5.92 Å². The van der Waals surface area contributed by atoms with Gasteiger partial charge >= 0.3 is 0 Å². The number of aromatic nitrogens is 3. The highest BCUT2D eigenvalue weighted by atomic mass is 16.5. The number of nitrogens with one attached hydrogen (secondary N) is 1. The lowest BCUT2D eigenvalue weighted by Gasteiger charge is -2.36. The molecule has 0 aliphatic carbocycles. The molecule has 8 nitrogen and oxygen atoms in total. The summed E-state index contributed by atoms with van der Waals surface area (Å²) >= 11 is 0. The minimum Gasteiger partial charge on any atom is -0.387 e. The molecule has 4 rings (SSSR count). The van der Waals surface area contributed by atoms with Gasteiger partial charge in [-0.3, -0.25) is 4.98 Å². The molecular formula is C20H27N5O3. The van der Waals surface area contributed by atoms with Gasteiger partial charge in [0.2, 0.25) is 0 Å². The van der Waals surface area contributed by atoms with E-state index >= 15 is 0 Å². The Morgan fingerprint density at radius 1 is 1.25 bits per heavy atom. The molecule has 8 heteroatoms. The number of nitrogens with zero attached hydrogens (tertiary/aromatic N) is 4. The lowest BCUT2D eigenvalue weighted by molar-refractivity contribution is 0.0633. The second kappa shape index (κ2) is 8.38. The Labute approximate surface area is 164 Å². The summed E-state index contributed by atoms with van der Waals surface area (Å²) in [6.45, 7) is 4.50. The van der Waals surface area contributed by atoms with Gasteiger partial charge in [-0.05, 0) is 44.2 Å². The van der Waals surface area contributed by atoms with E-state index in [1.807, 2.05) is 11.0 Å². The number of hydrogen-bond donors (Lipinski definition) is 3. The summed E-state index contributed by atoms with van der Waals surface area (Å²) in [7, 11) is 0. The molecule has 28 heavy (non-hydrogen) atoms. The van der Waals surface area contributed by atoms with Gasteiger partial charge in [0, 0.05) is 31.5 Å². The first-order valence-corrected chi connectivity index (χ1v) is 9.89. The van der Waals surface area contributed by atoms with Crippen LogP contribution in [0.4, 0.5) is 11.6 Å². The van der Waals surface area contributed by atoms with Crippen LogP contribution in [0.3, 0.4) is 0 Å². The molecule has 0 saturated carbocycles. The van der Waals surface area contributed by atoms with Crippen molar-refractivity contribution in [1.82, 2.24) is 15.0 Å². The molecular weight excluding hydrogens is 358 g/mol. The van der Waals surface area contributed by atoms with Crippen LogP contribution in [0.2, 0.25) is 0 Å². The second-order valence-electron chi connectivity index (χ2n) is 7.47. The summed E-state index contributed by atoms with van der Waals surface area (Å²) in [6.07, 6.45) is 5.30. The van der Waals surface area contributed by atoms with E-state index in [0.717, 1.165) is 44.6 Å². The molecule has 2 atom stereocenters. The Bertz CT molecular complexity index is 793. The van der Waals surface area contributed by atoms with E-state index in [1.165, 1.54) is 0 Å². The van der Waals surface area contributed by atoms with E-state index < -0.39 is 12.3 Å². The second-order valence-corrected chi connectivity index (χ2v) is 7.47. The lowest BCUT2D eigenvalue weighted by Crippen LogP contribution is -2.46. The minimum absolute atomic E-state index is 0.430. The van der Waals surface area contributed by atoms with Crippen molar-refractivity contribution in [3.8, 4) is 11.3 Å². The van der Waals surface area contributed by atoms with Crippen molar-refractivity contribution < 1.29 is 14.9 Å². The highest BCUT2D eigenvalue weighted by Gasteiger charge is 2.28. The maximum atomic E-state index is 10.5. The van der Waals surface area contributed by atoms with Crippen molar-refractivity contribution >= 4 is 11.6 Å². The van der Waals surface area contributed by atoms with Crippen LogP contribution >= 0.6 is 0 Å². The number of anilines is 2. The largest absolute Gasteiger partial charge is 0.387 e. The van der Waals surface area contributed by atoms with Crippen molar-refractivity contribution in [2.75, 3.05) is 36.5 Å². The SMILES string of the molecule is CC(O)c1ccc(-c2cnc3c(n2)N(CCC2CCOCC2)C(O)CN3)cn1. The van der Waals surface area contributed by atoms with E-state index in [4.69, 9.17) is 9.72 Å². The summed E-state index contributed by atoms with van der Waals surface area (Å²) < 4.78 is 5.44. The van der Waals surface area contributed by atoms with Crippen molar-refractivity contribution in [3.05, 3.63) is 30.2 Å². The molecule has 0 radical (unpaired) electrons. The van der Waals surface area contributed by atoms with Gasteiger partial charge in [-0.25, -0.2) is 9.97 Å². The first kappa shape index (κ1) is 19.0. The Morgan fingerprint density at radius 2 is 2.07 bits per heavy atom. The van der Waals surface area contributed by atoms with Gasteiger partial charge in [-0.15, -0.1) is 0 Å². The molecule has 3 N–H and O–H groups in total. The number of aliphatic hydroxyl groups excluding tert-OH is 2. The van der Waals surface area contributed by atoms with E-state index in [2.05, 4.69) is 15.3 Å². The quantitative estimate of drug-likeness (QED) is 0.718. The van der Waals surface area contributed by atoms with E-state index in [9.17, 15) is 10.2 Å². The fourth-order valence-corrected chi connectivity index (χ4v) is 3.70. The number of hydrogen-bond acceptors (Lipinski definition) is 8. The molecule has 0 aromatic carbocycles. The Kier molecular flexibility index (Phi) is 5.70. The average Bonchev–Trinajstić information content (AvgIpc) is 2.73. The summed E-state index contributed by atoms with van der Waals surface area (Å²) in [5.74, 6) is 1.98. The van der Waals surface area contributed by atoms with Gasteiger partial charge in [0.05, 0.1) is 30.2 Å². The predicted molar refractivity (Wildman–Crippen MR) is 106 cm³/mol. The molecule has 1 saturated heterocycles. The van der Waals surface area contributed by atoms with Gasteiger partial charge < -0.3 is 25.2 Å². The monoisotopic (exact) mass is 385 g/mol. The molecule has 1 fully saturated rings. The van der Waals surface area contributed by atoms with Crippen LogP contribution in [-0.4, -0.2) is 57.7 Å². The van der Waals surface area contributed by atoms with Crippen molar-refractivity contribution in [2.45, 2.75) is 38.5 Å². The third-order valence-electron chi connectivity index (χ3n) is 5.47. The lowest BCUT2D eigenvalue weighted by atomic mass is 9.96. The van der Waals surface area contributed by atoms with Gasteiger partial charge in [0.15, 0.2) is 11.6 Å². The number of fused-ring (bicyclic) bond motifs is 1. The molecule has 0 amide bonds. The first-order valence-electron chi connectivity index (χ1n) is 9.89. The fraction of sp³-hybridized carbons (Fsp3) is 0.550. The summed E-state index contributed by atoms with van der Waals surface area (Å²) in [5, 5.41) is 23.3. The van der Waals surface area contributed by atoms with E-state index in [0.29, 0.717) is 35.5 Å². The molecule has 2 aliphatic heterocycles. The summed E-state index contributed by atoms with van der Waals surface area (Å²) in [5.41, 5.74) is 2.13. The first-order chi connectivity index (χ1) is 13.6. The summed E-state index contributed by atoms with van der Waals surface area (Å²) in [6, 6.07) is 3.67. The number of pyridine rings is 1. The zero-order chi connectivity index (χ0) is 19.5. The van der Waals surface area contributed by atoms with Crippen LogP contribution in [0.5, 0.6) is 0 Å². The van der Waals surface area contributed by atoms with Gasteiger partial charge in [-0.1, -0.05) is 0 Å². The van der Waals surface area contributed by atoms with E-state index in [1.54, 1.807) is 25.4 Å². The minimum atomic E-state index is -0.632. The molecule has 4 heterocycles. The molecule has 2 aromatic heterocycles. The molecule has 150 valence electrons. The van der Waals surface area contributed by atoms with Crippen molar-refractivity contribution in [1.29, 1.82) is 0 Å². The average molecular weight is 385 g/mol. The zero-order valence-corrected chi connectivity index (χ0v) is 16.1. The fourth-order valence-electron chi connectivity index (χ4n) is 3.70.